The van der Waals surface area contributed by atoms with Crippen LogP contribution in [0.15, 0.2) is 54.7 Å². The van der Waals surface area contributed by atoms with Crippen molar-refractivity contribution in [3.8, 4) is 5.69 Å². The second-order valence-corrected chi connectivity index (χ2v) is 6.24. The van der Waals surface area contributed by atoms with Crippen LogP contribution in [0.25, 0.3) is 16.6 Å². The number of nitrogens with one attached hydrogen (secondary N) is 1. The number of fused-ring (bicyclic) bond motifs is 1. The van der Waals surface area contributed by atoms with Gasteiger partial charge in [-0.15, -0.1) is 0 Å². The summed E-state index contributed by atoms with van der Waals surface area (Å²) in [5, 5.41) is 8.97. The third kappa shape index (κ3) is 2.67. The van der Waals surface area contributed by atoms with E-state index in [-0.39, 0.29) is 11.9 Å². The summed E-state index contributed by atoms with van der Waals surface area (Å²) >= 11 is 0. The monoisotopic (exact) mass is 320 g/mol. The van der Waals surface area contributed by atoms with Gasteiger partial charge in [-0.05, 0) is 43.3 Å². The van der Waals surface area contributed by atoms with Crippen LogP contribution in [-0.2, 0) is 0 Å². The zero-order valence-electron chi connectivity index (χ0n) is 13.6. The minimum Gasteiger partial charge on any atom is -0.337 e. The fourth-order valence-corrected chi connectivity index (χ4v) is 3.19. The van der Waals surface area contributed by atoms with Gasteiger partial charge in [0.25, 0.3) is 5.91 Å². The normalized spacial score (nSPS) is 17.3. The molecule has 3 aromatic rings. The third-order valence-electron chi connectivity index (χ3n) is 4.69. The summed E-state index contributed by atoms with van der Waals surface area (Å²) in [6.07, 6.45) is 3.02. The molecule has 0 spiro atoms. The summed E-state index contributed by atoms with van der Waals surface area (Å²) < 4.78 is 1.85. The zero-order chi connectivity index (χ0) is 16.5. The molecule has 4 rings (SSSR count). The van der Waals surface area contributed by atoms with E-state index in [4.69, 9.17) is 0 Å². The summed E-state index contributed by atoms with van der Waals surface area (Å²) in [5.74, 6) is 0.0703. The van der Waals surface area contributed by atoms with Crippen LogP contribution in [-0.4, -0.2) is 46.8 Å². The Labute approximate surface area is 140 Å². The van der Waals surface area contributed by atoms with Gasteiger partial charge in [0.05, 0.1) is 11.2 Å². The van der Waals surface area contributed by atoms with E-state index in [1.54, 1.807) is 0 Å². The van der Waals surface area contributed by atoms with Crippen molar-refractivity contribution in [2.24, 2.45) is 0 Å². The first-order valence-corrected chi connectivity index (χ1v) is 8.25. The molecule has 1 atom stereocenters. The minimum absolute atomic E-state index is 0.0703. The van der Waals surface area contributed by atoms with Crippen LogP contribution in [0.2, 0.25) is 0 Å². The predicted octanol–water partition coefficient (Wildman–Crippen LogP) is 2.46. The molecule has 2 heterocycles. The summed E-state index contributed by atoms with van der Waals surface area (Å²) in [5.41, 5.74) is 2.63. The highest BCUT2D eigenvalue weighted by atomic mass is 16.2. The smallest absolute Gasteiger partial charge is 0.253 e. The van der Waals surface area contributed by atoms with Gasteiger partial charge in [-0.25, -0.2) is 4.68 Å². The van der Waals surface area contributed by atoms with Crippen LogP contribution >= 0.6 is 0 Å². The van der Waals surface area contributed by atoms with E-state index in [0.29, 0.717) is 5.56 Å². The molecule has 1 aliphatic rings. The number of hydrogen-bond donors (Lipinski definition) is 1. The molecule has 0 bridgehead atoms. The molecule has 0 saturated carbocycles. The molecule has 1 unspecified atom stereocenters. The molecule has 5 heteroatoms. The largest absolute Gasteiger partial charge is 0.337 e. The number of likely N-dealkylation sites (N-methyl/N-ethyl adjacent to an activating group) is 1. The van der Waals surface area contributed by atoms with Crippen molar-refractivity contribution in [1.29, 1.82) is 0 Å². The van der Waals surface area contributed by atoms with Gasteiger partial charge in [-0.1, -0.05) is 18.2 Å². The molecule has 0 radical (unpaired) electrons. The average molecular weight is 320 g/mol. The summed E-state index contributed by atoms with van der Waals surface area (Å²) in [7, 11) is 1.88. The van der Waals surface area contributed by atoms with Crippen molar-refractivity contribution in [3.63, 3.8) is 0 Å². The molecule has 122 valence electrons. The number of amides is 1. The van der Waals surface area contributed by atoms with E-state index in [1.807, 2.05) is 71.4 Å². The number of benzene rings is 2. The van der Waals surface area contributed by atoms with E-state index in [2.05, 4.69) is 10.4 Å². The van der Waals surface area contributed by atoms with Gasteiger partial charge in [0.15, 0.2) is 0 Å². The maximum Gasteiger partial charge on any atom is 0.253 e. The molecule has 24 heavy (non-hydrogen) atoms. The van der Waals surface area contributed by atoms with Crippen LogP contribution in [0.1, 0.15) is 16.8 Å². The Balaban J connectivity index is 1.56. The van der Waals surface area contributed by atoms with Gasteiger partial charge in [0, 0.05) is 36.8 Å². The van der Waals surface area contributed by atoms with Crippen LogP contribution in [0.3, 0.4) is 0 Å². The number of aromatic nitrogens is 2. The van der Waals surface area contributed by atoms with E-state index >= 15 is 0 Å². The van der Waals surface area contributed by atoms with Crippen LogP contribution in [0, 0.1) is 0 Å². The van der Waals surface area contributed by atoms with Gasteiger partial charge in [-0.3, -0.25) is 4.79 Å². The van der Waals surface area contributed by atoms with E-state index in [0.717, 1.165) is 36.1 Å². The molecule has 1 fully saturated rings. The van der Waals surface area contributed by atoms with E-state index in [9.17, 15) is 4.79 Å². The first-order valence-electron chi connectivity index (χ1n) is 8.25. The third-order valence-corrected chi connectivity index (χ3v) is 4.69. The van der Waals surface area contributed by atoms with Crippen molar-refractivity contribution in [2.75, 3.05) is 20.1 Å². The summed E-state index contributed by atoms with van der Waals surface area (Å²) in [4.78, 5) is 14.4. The highest BCUT2D eigenvalue weighted by molar-refractivity contribution is 5.94. The van der Waals surface area contributed by atoms with Crippen molar-refractivity contribution in [2.45, 2.75) is 12.5 Å². The van der Waals surface area contributed by atoms with Crippen LogP contribution in [0.5, 0.6) is 0 Å². The van der Waals surface area contributed by atoms with Gasteiger partial charge >= 0.3 is 0 Å². The summed E-state index contributed by atoms with van der Waals surface area (Å²) in [6.45, 7) is 1.86. The van der Waals surface area contributed by atoms with Gasteiger partial charge in [0.2, 0.25) is 0 Å². The molecule has 1 aliphatic heterocycles. The second kappa shape index (κ2) is 6.09. The fourth-order valence-electron chi connectivity index (χ4n) is 3.19. The molecule has 0 aliphatic carbocycles. The first kappa shape index (κ1) is 14.9. The number of carbonyl (C=O) groups is 1. The Morgan fingerprint density at radius 3 is 2.71 bits per heavy atom. The Kier molecular flexibility index (Phi) is 3.78. The van der Waals surface area contributed by atoms with E-state index in [1.165, 1.54) is 0 Å². The first-order chi connectivity index (χ1) is 11.7. The molecule has 1 N–H and O–H groups in total. The maximum atomic E-state index is 12.6. The molecular weight excluding hydrogens is 300 g/mol. The fraction of sp³-hybridized carbons (Fsp3) is 0.263. The van der Waals surface area contributed by atoms with Gasteiger partial charge < -0.3 is 10.2 Å². The van der Waals surface area contributed by atoms with Crippen LogP contribution in [0.4, 0.5) is 0 Å². The molecule has 1 saturated heterocycles. The molecule has 1 aromatic heterocycles. The van der Waals surface area contributed by atoms with E-state index < -0.39 is 0 Å². The zero-order valence-corrected chi connectivity index (χ0v) is 13.6. The van der Waals surface area contributed by atoms with Gasteiger partial charge in [0.1, 0.15) is 0 Å². The molecule has 1 amide bonds. The Bertz CT molecular complexity index is 829. The number of rotatable bonds is 3. The lowest BCUT2D eigenvalue weighted by molar-refractivity contribution is 0.0744. The maximum absolute atomic E-state index is 12.6. The summed E-state index contributed by atoms with van der Waals surface area (Å²) in [6, 6.07) is 16.0. The van der Waals surface area contributed by atoms with Crippen molar-refractivity contribution in [3.05, 3.63) is 60.3 Å². The number of nitrogens with zero attached hydrogens (tertiary/aromatic N) is 3. The SMILES string of the molecule is CN(C(=O)c1ccc(-n2cc3ccccc3n2)cc1)C1CCNC1. The van der Waals surface area contributed by atoms with Gasteiger partial charge in [-0.2, -0.15) is 5.10 Å². The van der Waals surface area contributed by atoms with Crippen molar-refractivity contribution < 1.29 is 4.79 Å². The topological polar surface area (TPSA) is 50.2 Å². The Morgan fingerprint density at radius 2 is 2.00 bits per heavy atom. The lowest BCUT2D eigenvalue weighted by atomic mass is 10.1. The quantitative estimate of drug-likeness (QED) is 0.806. The van der Waals surface area contributed by atoms with Crippen LogP contribution < -0.4 is 5.32 Å². The minimum atomic E-state index is 0.0703. The highest BCUT2D eigenvalue weighted by Gasteiger charge is 2.23. The lowest BCUT2D eigenvalue weighted by Crippen LogP contribution is -2.38. The number of carbonyl (C=O) groups excluding carboxylic acids is 1. The molecular formula is C19H20N4O. The van der Waals surface area contributed by atoms with Crippen molar-refractivity contribution in [1.82, 2.24) is 20.0 Å². The average Bonchev–Trinajstić information content (AvgIpc) is 3.30. The lowest BCUT2D eigenvalue weighted by Gasteiger charge is -2.23. The standard InChI is InChI=1S/C19H20N4O/c1-22(17-10-11-20-12-17)19(24)14-6-8-16(9-7-14)23-13-15-4-2-3-5-18(15)21-23/h2-9,13,17,20H,10-12H2,1H3. The highest BCUT2D eigenvalue weighted by Crippen LogP contribution is 2.17. The molecule has 2 aromatic carbocycles. The van der Waals surface area contributed by atoms with Crippen molar-refractivity contribution >= 4 is 16.8 Å². The number of hydrogen-bond acceptors (Lipinski definition) is 3. The predicted molar refractivity (Wildman–Crippen MR) is 94.4 cm³/mol. The molecule has 5 nitrogen and oxygen atoms in total. The Hall–Kier alpha value is -2.66. The second-order valence-electron chi connectivity index (χ2n) is 6.24. The Morgan fingerprint density at radius 1 is 1.21 bits per heavy atom.